The molecular weight excluding hydrogens is 298 g/mol. The topological polar surface area (TPSA) is 58.7 Å². The molecule has 0 saturated heterocycles. The Bertz CT molecular complexity index is 848. The van der Waals surface area contributed by atoms with Gasteiger partial charge in [-0.3, -0.25) is 4.79 Å². The molecule has 1 aromatic heterocycles. The Morgan fingerprint density at radius 2 is 1.75 bits per heavy atom. The molecule has 4 nitrogen and oxygen atoms in total. The lowest BCUT2D eigenvalue weighted by molar-refractivity contribution is 0.0983. The number of aromatic nitrogens is 2. The first kappa shape index (κ1) is 15.9. The highest BCUT2D eigenvalue weighted by Gasteiger charge is 2.10. The number of hydrogen-bond acceptors (Lipinski definition) is 3. The fraction of sp³-hybridized carbons (Fsp3) is 0.150. The van der Waals surface area contributed by atoms with Gasteiger partial charge in [0, 0.05) is 18.3 Å². The number of rotatable bonds is 6. The molecule has 3 aromatic rings. The van der Waals surface area contributed by atoms with Gasteiger partial charge < -0.3 is 5.41 Å². The van der Waals surface area contributed by atoms with Gasteiger partial charge in [0.2, 0.25) is 0 Å². The molecule has 4 heteroatoms. The summed E-state index contributed by atoms with van der Waals surface area (Å²) in [7, 11) is 0. The lowest BCUT2D eigenvalue weighted by Gasteiger charge is -2.03. The second-order valence-electron chi connectivity index (χ2n) is 5.75. The van der Waals surface area contributed by atoms with E-state index in [1.54, 1.807) is 24.0 Å². The molecule has 1 heterocycles. The number of benzene rings is 2. The van der Waals surface area contributed by atoms with Crippen LogP contribution in [0.1, 0.15) is 34.8 Å². The largest absolute Gasteiger partial charge is 0.305 e. The van der Waals surface area contributed by atoms with Crippen LogP contribution in [0.2, 0.25) is 0 Å². The summed E-state index contributed by atoms with van der Waals surface area (Å²) in [6.45, 7) is 1.77. The predicted octanol–water partition coefficient (Wildman–Crippen LogP) is 4.08. The minimum atomic E-state index is 0.0875. The van der Waals surface area contributed by atoms with Crippen LogP contribution in [0.4, 0.5) is 0 Å². The highest BCUT2D eigenvalue weighted by molar-refractivity contribution is 5.96. The van der Waals surface area contributed by atoms with Gasteiger partial charge in [0.15, 0.2) is 5.78 Å². The molecule has 0 unspecified atom stereocenters. The average molecular weight is 317 g/mol. The fourth-order valence-corrected chi connectivity index (χ4v) is 2.51. The molecule has 1 N–H and O–H groups in total. The second kappa shape index (κ2) is 7.04. The molecule has 0 amide bonds. The fourth-order valence-electron chi connectivity index (χ4n) is 2.51. The van der Waals surface area contributed by atoms with E-state index in [1.165, 1.54) is 0 Å². The van der Waals surface area contributed by atoms with E-state index in [4.69, 9.17) is 5.41 Å². The normalized spacial score (nSPS) is 10.5. The number of Topliss-reactive ketones (excluding diaryl/α,β-unsaturated/α-hetero) is 1. The number of hydrogen-bond donors (Lipinski definition) is 1. The summed E-state index contributed by atoms with van der Waals surface area (Å²) in [6, 6.07) is 17.6. The van der Waals surface area contributed by atoms with Crippen molar-refractivity contribution in [1.82, 2.24) is 9.78 Å². The zero-order chi connectivity index (χ0) is 16.9. The van der Waals surface area contributed by atoms with E-state index in [9.17, 15) is 4.79 Å². The molecule has 24 heavy (non-hydrogen) atoms. The lowest BCUT2D eigenvalue weighted by Crippen LogP contribution is -2.01. The standard InChI is InChI=1S/C20H19N3O/c1-15(21)17-10-7-16(8-11-17)9-12-20(24)18-13-22-23(14-18)19-5-3-2-4-6-19/h2-8,10-11,13-14,21H,9,12H2,1H3. The SMILES string of the molecule is CC(=N)c1ccc(CCC(=O)c2cnn(-c3ccccc3)c2)cc1. The zero-order valence-corrected chi connectivity index (χ0v) is 13.6. The van der Waals surface area contributed by atoms with Gasteiger partial charge in [-0.05, 0) is 36.6 Å². The number of carbonyl (C=O) groups excluding carboxylic acids is 1. The van der Waals surface area contributed by atoms with Crippen LogP contribution < -0.4 is 0 Å². The van der Waals surface area contributed by atoms with E-state index >= 15 is 0 Å². The Balaban J connectivity index is 1.63. The summed E-state index contributed by atoms with van der Waals surface area (Å²) in [6.07, 6.45) is 4.53. The molecule has 0 aliphatic rings. The summed E-state index contributed by atoms with van der Waals surface area (Å²) >= 11 is 0. The van der Waals surface area contributed by atoms with Crippen molar-refractivity contribution in [2.45, 2.75) is 19.8 Å². The van der Waals surface area contributed by atoms with Crippen LogP contribution in [0.5, 0.6) is 0 Å². The van der Waals surface area contributed by atoms with Crippen LogP contribution in [0.25, 0.3) is 5.69 Å². The maximum absolute atomic E-state index is 12.4. The third kappa shape index (κ3) is 3.66. The summed E-state index contributed by atoms with van der Waals surface area (Å²) in [5, 5.41) is 11.9. The van der Waals surface area contributed by atoms with E-state index in [-0.39, 0.29) is 5.78 Å². The van der Waals surface area contributed by atoms with Crippen LogP contribution >= 0.6 is 0 Å². The van der Waals surface area contributed by atoms with Gasteiger partial charge in [0.25, 0.3) is 0 Å². The van der Waals surface area contributed by atoms with Crippen molar-refractivity contribution in [2.24, 2.45) is 0 Å². The highest BCUT2D eigenvalue weighted by Crippen LogP contribution is 2.12. The van der Waals surface area contributed by atoms with E-state index in [0.29, 0.717) is 24.1 Å². The third-order valence-electron chi connectivity index (χ3n) is 3.95. The highest BCUT2D eigenvalue weighted by atomic mass is 16.1. The Labute approximate surface area is 141 Å². The van der Waals surface area contributed by atoms with Crippen molar-refractivity contribution >= 4 is 11.5 Å². The minimum absolute atomic E-state index is 0.0875. The van der Waals surface area contributed by atoms with Crippen LogP contribution in [0, 0.1) is 5.41 Å². The van der Waals surface area contributed by atoms with Gasteiger partial charge >= 0.3 is 0 Å². The molecule has 0 bridgehead atoms. The number of aryl methyl sites for hydroxylation is 1. The van der Waals surface area contributed by atoms with Crippen molar-refractivity contribution in [3.63, 3.8) is 0 Å². The van der Waals surface area contributed by atoms with Crippen molar-refractivity contribution in [1.29, 1.82) is 5.41 Å². The van der Waals surface area contributed by atoms with Crippen molar-refractivity contribution < 1.29 is 4.79 Å². The lowest BCUT2D eigenvalue weighted by atomic mass is 10.0. The van der Waals surface area contributed by atoms with Crippen molar-refractivity contribution in [3.05, 3.63) is 83.7 Å². The van der Waals surface area contributed by atoms with Gasteiger partial charge in [0.1, 0.15) is 0 Å². The van der Waals surface area contributed by atoms with E-state index in [1.807, 2.05) is 54.6 Å². The van der Waals surface area contributed by atoms with Gasteiger partial charge in [-0.2, -0.15) is 5.10 Å². The summed E-state index contributed by atoms with van der Waals surface area (Å²) in [5.41, 5.74) is 4.13. The van der Waals surface area contributed by atoms with Crippen molar-refractivity contribution in [3.8, 4) is 5.69 Å². The van der Waals surface area contributed by atoms with Crippen molar-refractivity contribution in [2.75, 3.05) is 0 Å². The minimum Gasteiger partial charge on any atom is -0.305 e. The number of nitrogens with zero attached hydrogens (tertiary/aromatic N) is 2. The van der Waals surface area contributed by atoms with Gasteiger partial charge in [-0.15, -0.1) is 0 Å². The van der Waals surface area contributed by atoms with Crippen LogP contribution in [0.3, 0.4) is 0 Å². The molecular formula is C20H19N3O. The Morgan fingerprint density at radius 1 is 1.04 bits per heavy atom. The number of para-hydroxylation sites is 1. The smallest absolute Gasteiger partial charge is 0.166 e. The predicted molar refractivity (Wildman–Crippen MR) is 95.2 cm³/mol. The monoisotopic (exact) mass is 317 g/mol. The van der Waals surface area contributed by atoms with Gasteiger partial charge in [-0.25, -0.2) is 4.68 Å². The number of carbonyl (C=O) groups is 1. The average Bonchev–Trinajstić information content (AvgIpc) is 3.11. The van der Waals surface area contributed by atoms with E-state index < -0.39 is 0 Å². The first-order valence-electron chi connectivity index (χ1n) is 7.91. The Morgan fingerprint density at radius 3 is 2.42 bits per heavy atom. The van der Waals surface area contributed by atoms with E-state index in [2.05, 4.69) is 5.10 Å². The first-order chi connectivity index (χ1) is 11.6. The number of nitrogens with one attached hydrogen (secondary N) is 1. The van der Waals surface area contributed by atoms with Gasteiger partial charge in [0.05, 0.1) is 17.4 Å². The summed E-state index contributed by atoms with van der Waals surface area (Å²) < 4.78 is 1.72. The maximum atomic E-state index is 12.4. The number of ketones is 1. The first-order valence-corrected chi connectivity index (χ1v) is 7.91. The molecule has 0 aliphatic heterocycles. The zero-order valence-electron chi connectivity index (χ0n) is 13.6. The molecule has 120 valence electrons. The molecule has 0 saturated carbocycles. The third-order valence-corrected chi connectivity index (χ3v) is 3.95. The Hall–Kier alpha value is -3.01. The molecule has 0 fully saturated rings. The molecule has 0 aliphatic carbocycles. The second-order valence-corrected chi connectivity index (χ2v) is 5.75. The van der Waals surface area contributed by atoms with Gasteiger partial charge in [-0.1, -0.05) is 42.5 Å². The van der Waals surface area contributed by atoms with Crippen LogP contribution in [0.15, 0.2) is 67.0 Å². The molecule has 0 atom stereocenters. The van der Waals surface area contributed by atoms with E-state index in [0.717, 1.165) is 16.8 Å². The molecule has 2 aromatic carbocycles. The quantitative estimate of drug-likeness (QED) is 0.550. The molecule has 3 rings (SSSR count). The molecule has 0 spiro atoms. The summed E-state index contributed by atoms with van der Waals surface area (Å²) in [4.78, 5) is 12.4. The van der Waals surface area contributed by atoms with Crippen LogP contribution in [-0.4, -0.2) is 21.3 Å². The summed E-state index contributed by atoms with van der Waals surface area (Å²) in [5.74, 6) is 0.0875. The molecule has 0 radical (unpaired) electrons. The Kier molecular flexibility index (Phi) is 4.66. The van der Waals surface area contributed by atoms with Crippen LogP contribution in [-0.2, 0) is 6.42 Å². The maximum Gasteiger partial charge on any atom is 0.166 e.